The van der Waals surface area contributed by atoms with Crippen LogP contribution in [-0.2, 0) is 0 Å². The van der Waals surface area contributed by atoms with Gasteiger partial charge in [-0.05, 0) is 33.9 Å². The van der Waals surface area contributed by atoms with Gasteiger partial charge in [0.2, 0.25) is 0 Å². The number of nitrogens with zero attached hydrogens (tertiary/aromatic N) is 2. The molecule has 3 nitrogen and oxygen atoms in total. The largest absolute Gasteiger partial charge is 0.364 e. The summed E-state index contributed by atoms with van der Waals surface area (Å²) in [5, 5.41) is 13.9. The maximum atomic E-state index is 5.45. The molecule has 0 fully saturated rings. The lowest BCUT2D eigenvalue weighted by Gasteiger charge is -2.25. The third-order valence-electron chi connectivity index (χ3n) is 9.41. The lowest BCUT2D eigenvalue weighted by Crippen LogP contribution is -2.25. The zero-order chi connectivity index (χ0) is 30.2. The molecule has 0 radical (unpaired) electrons. The molecule has 0 bridgehead atoms. The summed E-state index contributed by atoms with van der Waals surface area (Å²) in [5.41, 5.74) is 6.65. The molecule has 1 aliphatic heterocycles. The Balaban J connectivity index is 1.42. The van der Waals surface area contributed by atoms with Crippen LogP contribution in [0, 0.1) is 0 Å². The number of nitrogens with one attached hydrogen (secondary N) is 1. The molecule has 2 aromatic heterocycles. The number of thiophene rings is 1. The highest BCUT2D eigenvalue weighted by molar-refractivity contribution is 7.27. The van der Waals surface area contributed by atoms with Crippen LogP contribution in [0.3, 0.4) is 0 Å². The molecule has 4 heteroatoms. The zero-order valence-electron chi connectivity index (χ0n) is 24.8. The Kier molecular flexibility index (Phi) is 5.51. The van der Waals surface area contributed by atoms with Gasteiger partial charge in [-0.1, -0.05) is 133 Å². The molecule has 7 aromatic carbocycles. The number of rotatable bonds is 3. The number of aromatic nitrogens is 1. The maximum Gasteiger partial charge on any atom is 0.145 e. The van der Waals surface area contributed by atoms with Crippen LogP contribution in [0.5, 0.6) is 0 Å². The van der Waals surface area contributed by atoms with Crippen molar-refractivity contribution in [1.82, 2.24) is 9.88 Å². The molecule has 1 unspecified atom stereocenters. The number of fused-ring (bicyclic) bond motifs is 12. The van der Waals surface area contributed by atoms with Gasteiger partial charge < -0.3 is 9.88 Å². The summed E-state index contributed by atoms with van der Waals surface area (Å²) in [5.74, 6) is 0. The minimum absolute atomic E-state index is 0.183. The van der Waals surface area contributed by atoms with Gasteiger partial charge in [-0.15, -0.1) is 11.3 Å². The monoisotopic (exact) mass is 605 g/mol. The third kappa shape index (κ3) is 3.62. The fraction of sp³-hybridized carbons (Fsp3) is 0.0238. The van der Waals surface area contributed by atoms with Crippen molar-refractivity contribution in [2.75, 3.05) is 0 Å². The molecule has 0 aliphatic carbocycles. The van der Waals surface area contributed by atoms with Crippen molar-refractivity contribution in [1.29, 1.82) is 0 Å². The predicted molar refractivity (Wildman–Crippen MR) is 197 cm³/mol. The van der Waals surface area contributed by atoms with Crippen LogP contribution >= 0.6 is 11.3 Å². The van der Waals surface area contributed by atoms with Crippen molar-refractivity contribution in [2.45, 2.75) is 6.17 Å². The zero-order valence-corrected chi connectivity index (χ0v) is 25.6. The van der Waals surface area contributed by atoms with Gasteiger partial charge in [-0.2, -0.15) is 0 Å². The number of allylic oxidation sites excluding steroid dienone is 1. The van der Waals surface area contributed by atoms with E-state index in [0.29, 0.717) is 0 Å². The van der Waals surface area contributed by atoms with Crippen molar-refractivity contribution in [3.05, 3.63) is 163 Å². The SMILES string of the molecule is C1=C(n2c3ccc4ccccc4c3c3c4ccccc4c4sc5ccccc5c4c32)C(c2ccccc2)=NC(c2ccccc2)N1. The Labute approximate surface area is 269 Å². The smallest absolute Gasteiger partial charge is 0.145 e. The fourth-order valence-corrected chi connectivity index (χ4v) is 8.68. The van der Waals surface area contributed by atoms with Crippen molar-refractivity contribution in [2.24, 2.45) is 4.99 Å². The minimum Gasteiger partial charge on any atom is -0.364 e. The number of benzene rings is 7. The molecule has 0 saturated heterocycles. The van der Waals surface area contributed by atoms with Gasteiger partial charge in [0.15, 0.2) is 0 Å². The molecule has 0 saturated carbocycles. The Morgan fingerprint density at radius 1 is 0.565 bits per heavy atom. The molecular formula is C42H27N3S. The summed E-state index contributed by atoms with van der Waals surface area (Å²) in [4.78, 5) is 5.45. The molecule has 1 aliphatic rings. The van der Waals surface area contributed by atoms with Crippen molar-refractivity contribution >= 4 is 86.3 Å². The van der Waals surface area contributed by atoms with Crippen LogP contribution < -0.4 is 5.32 Å². The molecule has 9 aromatic rings. The third-order valence-corrected chi connectivity index (χ3v) is 10.6. The van der Waals surface area contributed by atoms with Gasteiger partial charge in [0.25, 0.3) is 0 Å². The normalized spacial score (nSPS) is 15.2. The van der Waals surface area contributed by atoms with E-state index >= 15 is 0 Å². The number of aliphatic imine (C=N–C) groups is 1. The number of hydrogen-bond donors (Lipinski definition) is 1. The molecule has 216 valence electrons. The van der Waals surface area contributed by atoms with Gasteiger partial charge >= 0.3 is 0 Å². The lowest BCUT2D eigenvalue weighted by molar-refractivity contribution is 0.649. The maximum absolute atomic E-state index is 5.45. The molecule has 3 heterocycles. The highest BCUT2D eigenvalue weighted by Crippen LogP contribution is 2.49. The van der Waals surface area contributed by atoms with Crippen molar-refractivity contribution < 1.29 is 0 Å². The molecule has 46 heavy (non-hydrogen) atoms. The highest BCUT2D eigenvalue weighted by atomic mass is 32.1. The van der Waals surface area contributed by atoms with Gasteiger partial charge in [0, 0.05) is 48.1 Å². The second-order valence-electron chi connectivity index (χ2n) is 11.9. The Morgan fingerprint density at radius 2 is 1.24 bits per heavy atom. The van der Waals surface area contributed by atoms with Crippen LogP contribution in [0.15, 0.2) is 157 Å². The Bertz CT molecular complexity index is 2710. The second kappa shape index (κ2) is 9.90. The highest BCUT2D eigenvalue weighted by Gasteiger charge is 2.28. The molecule has 10 rings (SSSR count). The summed E-state index contributed by atoms with van der Waals surface area (Å²) >= 11 is 1.89. The fourth-order valence-electron chi connectivity index (χ4n) is 7.43. The van der Waals surface area contributed by atoms with Crippen molar-refractivity contribution in [3.8, 4) is 0 Å². The van der Waals surface area contributed by atoms with Gasteiger partial charge in [0.1, 0.15) is 6.17 Å². The summed E-state index contributed by atoms with van der Waals surface area (Å²) in [6.07, 6.45) is 2.01. The predicted octanol–water partition coefficient (Wildman–Crippen LogP) is 11.1. The molecule has 1 atom stereocenters. The van der Waals surface area contributed by atoms with Gasteiger partial charge in [0.05, 0.1) is 22.4 Å². The topological polar surface area (TPSA) is 29.3 Å². The van der Waals surface area contributed by atoms with E-state index in [-0.39, 0.29) is 6.17 Å². The first-order valence-corrected chi connectivity index (χ1v) is 16.5. The summed E-state index contributed by atoms with van der Waals surface area (Å²) in [6, 6.07) is 52.3. The Hall–Kier alpha value is -5.71. The molecule has 1 N–H and O–H groups in total. The van der Waals surface area contributed by atoms with Crippen molar-refractivity contribution in [3.63, 3.8) is 0 Å². The van der Waals surface area contributed by atoms with E-state index in [1.54, 1.807) is 0 Å². The van der Waals surface area contributed by atoms with Gasteiger partial charge in [-0.25, -0.2) is 0 Å². The van der Waals surface area contributed by atoms with Crippen LogP contribution in [0.2, 0.25) is 0 Å². The summed E-state index contributed by atoms with van der Waals surface area (Å²) in [6.45, 7) is 0. The van der Waals surface area contributed by atoms with E-state index < -0.39 is 0 Å². The van der Waals surface area contributed by atoms with Crippen LogP contribution in [0.4, 0.5) is 0 Å². The summed E-state index contributed by atoms with van der Waals surface area (Å²) in [7, 11) is 0. The average molecular weight is 606 g/mol. The average Bonchev–Trinajstić information content (AvgIpc) is 3.69. The van der Waals surface area contributed by atoms with Crippen LogP contribution in [0.1, 0.15) is 17.3 Å². The standard InChI is InChI=1S/C42H27N3S/c1-3-14-27(15-4-1)39-34(25-43-42(44-39)28-16-5-2-6-17-28)45-33-24-23-26-13-7-8-18-29(26)36(33)37-30-19-9-10-20-31(30)41-38(40(37)45)32-21-11-12-22-35(32)46-41/h1-25,42-43H. The van der Waals surface area contributed by atoms with E-state index in [4.69, 9.17) is 4.99 Å². The minimum atomic E-state index is -0.183. The summed E-state index contributed by atoms with van der Waals surface area (Å²) < 4.78 is 5.11. The van der Waals surface area contributed by atoms with E-state index in [9.17, 15) is 0 Å². The molecule has 0 amide bonds. The van der Waals surface area contributed by atoms with E-state index in [0.717, 1.165) is 22.5 Å². The van der Waals surface area contributed by atoms with Crippen LogP contribution in [-0.4, -0.2) is 10.3 Å². The second-order valence-corrected chi connectivity index (χ2v) is 13.0. The van der Waals surface area contributed by atoms with Gasteiger partial charge in [-0.3, -0.25) is 4.99 Å². The quantitative estimate of drug-likeness (QED) is 0.213. The first-order chi connectivity index (χ1) is 22.8. The van der Waals surface area contributed by atoms with Crippen LogP contribution in [0.25, 0.3) is 69.2 Å². The lowest BCUT2D eigenvalue weighted by atomic mass is 9.97. The van der Waals surface area contributed by atoms with E-state index in [1.165, 1.54) is 63.5 Å². The molecule has 0 spiro atoms. The number of hydrogen-bond acceptors (Lipinski definition) is 3. The molecular weight excluding hydrogens is 579 g/mol. The Morgan fingerprint density at radius 3 is 2.07 bits per heavy atom. The van der Waals surface area contributed by atoms with E-state index in [1.807, 2.05) is 11.3 Å². The van der Waals surface area contributed by atoms with E-state index in [2.05, 4.69) is 162 Å². The first-order valence-electron chi connectivity index (χ1n) is 15.7. The first kappa shape index (κ1) is 25.6.